The van der Waals surface area contributed by atoms with Crippen LogP contribution in [0.5, 0.6) is 0 Å². The molecule has 1 heterocycles. The maximum Gasteiger partial charge on any atom is 0.234 e. The van der Waals surface area contributed by atoms with E-state index < -0.39 is 0 Å². The van der Waals surface area contributed by atoms with Crippen molar-refractivity contribution in [3.05, 3.63) is 101 Å². The summed E-state index contributed by atoms with van der Waals surface area (Å²) in [7, 11) is 0. The van der Waals surface area contributed by atoms with Crippen LogP contribution in [0, 0.1) is 11.3 Å². The summed E-state index contributed by atoms with van der Waals surface area (Å²) in [5, 5.41) is 14.4. The Labute approximate surface area is 206 Å². The summed E-state index contributed by atoms with van der Waals surface area (Å²) in [6, 6.07) is 28.0. The van der Waals surface area contributed by atoms with Gasteiger partial charge in [0.05, 0.1) is 17.0 Å². The van der Waals surface area contributed by atoms with E-state index in [-0.39, 0.29) is 11.7 Å². The normalized spacial score (nSPS) is 10.5. The van der Waals surface area contributed by atoms with Gasteiger partial charge in [-0.25, -0.2) is 4.98 Å². The molecule has 0 spiro atoms. The number of pyridine rings is 1. The number of rotatable bonds is 6. The lowest BCUT2D eigenvalue weighted by atomic mass is 9.99. The van der Waals surface area contributed by atoms with Crippen LogP contribution >= 0.6 is 35.0 Å². The van der Waals surface area contributed by atoms with E-state index in [4.69, 9.17) is 28.2 Å². The van der Waals surface area contributed by atoms with Gasteiger partial charge in [-0.2, -0.15) is 5.26 Å². The highest BCUT2D eigenvalue weighted by Gasteiger charge is 2.18. The predicted molar refractivity (Wildman–Crippen MR) is 136 cm³/mol. The van der Waals surface area contributed by atoms with E-state index in [1.807, 2.05) is 66.7 Å². The van der Waals surface area contributed by atoms with E-state index >= 15 is 0 Å². The smallest absolute Gasteiger partial charge is 0.234 e. The van der Waals surface area contributed by atoms with Gasteiger partial charge >= 0.3 is 0 Å². The van der Waals surface area contributed by atoms with Gasteiger partial charge in [-0.05, 0) is 36.4 Å². The Morgan fingerprint density at radius 3 is 2.33 bits per heavy atom. The van der Waals surface area contributed by atoms with Gasteiger partial charge in [0.25, 0.3) is 0 Å². The molecule has 0 fully saturated rings. The first-order valence-electron chi connectivity index (χ1n) is 9.99. The summed E-state index contributed by atoms with van der Waals surface area (Å²) in [6.07, 6.45) is 0. The molecule has 0 aliphatic heterocycles. The molecule has 3 aromatic carbocycles. The van der Waals surface area contributed by atoms with E-state index in [2.05, 4.69) is 11.4 Å². The van der Waals surface area contributed by atoms with Crippen molar-refractivity contribution in [2.45, 2.75) is 5.03 Å². The SMILES string of the molecule is N#Cc1c(-c2ccccc2Cl)cc(-c2ccc(Cl)cc2)nc1SCC(=O)Nc1ccccc1. The van der Waals surface area contributed by atoms with Crippen LogP contribution in [-0.2, 0) is 4.79 Å². The number of halogens is 2. The van der Waals surface area contributed by atoms with Crippen LogP contribution in [0.1, 0.15) is 5.56 Å². The van der Waals surface area contributed by atoms with Crippen molar-refractivity contribution in [3.8, 4) is 28.5 Å². The highest BCUT2D eigenvalue weighted by atomic mass is 35.5. The Kier molecular flexibility index (Phi) is 7.31. The maximum atomic E-state index is 12.5. The number of thioether (sulfide) groups is 1. The molecule has 4 nitrogen and oxygen atoms in total. The Morgan fingerprint density at radius 1 is 0.939 bits per heavy atom. The molecule has 0 bridgehead atoms. The van der Waals surface area contributed by atoms with Crippen LogP contribution in [0.3, 0.4) is 0 Å². The summed E-state index contributed by atoms with van der Waals surface area (Å²) in [6.45, 7) is 0. The zero-order valence-electron chi connectivity index (χ0n) is 17.3. The second-order valence-corrected chi connectivity index (χ2v) is 8.84. The molecule has 1 aromatic heterocycles. The molecule has 0 atom stereocenters. The molecule has 0 aliphatic rings. The second kappa shape index (κ2) is 10.5. The van der Waals surface area contributed by atoms with Crippen molar-refractivity contribution in [1.29, 1.82) is 5.26 Å². The highest BCUT2D eigenvalue weighted by molar-refractivity contribution is 8.00. The van der Waals surface area contributed by atoms with E-state index in [1.165, 1.54) is 11.8 Å². The largest absolute Gasteiger partial charge is 0.325 e. The number of anilines is 1. The average Bonchev–Trinajstić information content (AvgIpc) is 2.83. The molecule has 1 amide bonds. The number of aromatic nitrogens is 1. The number of amides is 1. The fourth-order valence-corrected chi connectivity index (χ4v) is 4.41. The van der Waals surface area contributed by atoms with E-state index in [1.54, 1.807) is 18.2 Å². The minimum Gasteiger partial charge on any atom is -0.325 e. The van der Waals surface area contributed by atoms with Gasteiger partial charge in [-0.1, -0.05) is 83.5 Å². The van der Waals surface area contributed by atoms with Gasteiger partial charge in [-0.3, -0.25) is 4.79 Å². The molecule has 0 unspecified atom stereocenters. The third-order valence-electron chi connectivity index (χ3n) is 4.80. The first-order valence-corrected chi connectivity index (χ1v) is 11.7. The molecule has 162 valence electrons. The molecule has 0 saturated carbocycles. The molecule has 0 aliphatic carbocycles. The van der Waals surface area contributed by atoms with Crippen LogP contribution in [0.4, 0.5) is 5.69 Å². The molecular formula is C26H17Cl2N3OS. The molecular weight excluding hydrogens is 473 g/mol. The van der Waals surface area contributed by atoms with E-state index in [0.717, 1.165) is 11.1 Å². The van der Waals surface area contributed by atoms with Gasteiger partial charge < -0.3 is 5.32 Å². The number of hydrogen-bond donors (Lipinski definition) is 1. The average molecular weight is 490 g/mol. The number of carbonyl (C=O) groups excluding carboxylic acids is 1. The van der Waals surface area contributed by atoms with Crippen molar-refractivity contribution in [2.75, 3.05) is 11.1 Å². The topological polar surface area (TPSA) is 65.8 Å². The van der Waals surface area contributed by atoms with Crippen LogP contribution in [0.15, 0.2) is 90.0 Å². The maximum absolute atomic E-state index is 12.5. The third-order valence-corrected chi connectivity index (χ3v) is 6.36. The summed E-state index contributed by atoms with van der Waals surface area (Å²) in [5.41, 5.74) is 3.97. The zero-order chi connectivity index (χ0) is 23.2. The van der Waals surface area contributed by atoms with E-state index in [0.29, 0.717) is 37.6 Å². The van der Waals surface area contributed by atoms with Crippen LogP contribution in [0.2, 0.25) is 10.0 Å². The number of carbonyl (C=O) groups is 1. The molecule has 0 radical (unpaired) electrons. The lowest BCUT2D eigenvalue weighted by Crippen LogP contribution is -2.14. The van der Waals surface area contributed by atoms with Crippen LogP contribution in [-0.4, -0.2) is 16.6 Å². The monoisotopic (exact) mass is 489 g/mol. The van der Waals surface area contributed by atoms with Crippen molar-refractivity contribution in [3.63, 3.8) is 0 Å². The number of nitrogens with one attached hydrogen (secondary N) is 1. The number of nitriles is 1. The lowest BCUT2D eigenvalue weighted by Gasteiger charge is -2.13. The quantitative estimate of drug-likeness (QED) is 0.288. The zero-order valence-corrected chi connectivity index (χ0v) is 19.6. The summed E-state index contributed by atoms with van der Waals surface area (Å²) in [4.78, 5) is 17.2. The number of benzene rings is 3. The molecule has 0 saturated heterocycles. The van der Waals surface area contributed by atoms with Gasteiger partial charge in [0.15, 0.2) is 0 Å². The van der Waals surface area contributed by atoms with Gasteiger partial charge in [0.2, 0.25) is 5.91 Å². The third kappa shape index (κ3) is 5.55. The predicted octanol–water partition coefficient (Wildman–Crippen LogP) is 7.32. The van der Waals surface area contributed by atoms with Gasteiger partial charge in [0, 0.05) is 32.4 Å². The minimum absolute atomic E-state index is 0.0998. The van der Waals surface area contributed by atoms with Crippen molar-refractivity contribution in [2.24, 2.45) is 0 Å². The van der Waals surface area contributed by atoms with Gasteiger partial charge in [-0.15, -0.1) is 0 Å². The second-order valence-electron chi connectivity index (χ2n) is 7.04. The standard InChI is InChI=1S/C26H17Cl2N3OS/c27-18-12-10-17(11-13-18)24-14-21(20-8-4-5-9-23(20)28)22(15-29)26(31-24)33-16-25(32)30-19-6-2-1-3-7-19/h1-14H,16H2,(H,30,32). The summed E-state index contributed by atoms with van der Waals surface area (Å²) < 4.78 is 0. The Morgan fingerprint density at radius 2 is 1.64 bits per heavy atom. The van der Waals surface area contributed by atoms with E-state index in [9.17, 15) is 10.1 Å². The molecule has 4 rings (SSSR count). The first-order chi connectivity index (χ1) is 16.0. The Hall–Kier alpha value is -3.30. The molecule has 7 heteroatoms. The van der Waals surface area contributed by atoms with Crippen molar-refractivity contribution < 1.29 is 4.79 Å². The minimum atomic E-state index is -0.187. The first kappa shape index (κ1) is 22.9. The number of para-hydroxylation sites is 1. The number of hydrogen-bond acceptors (Lipinski definition) is 4. The summed E-state index contributed by atoms with van der Waals surface area (Å²) >= 11 is 13.7. The molecule has 33 heavy (non-hydrogen) atoms. The lowest BCUT2D eigenvalue weighted by molar-refractivity contribution is -0.113. The molecule has 4 aromatic rings. The van der Waals surface area contributed by atoms with Crippen molar-refractivity contribution >= 4 is 46.6 Å². The van der Waals surface area contributed by atoms with Gasteiger partial charge in [0.1, 0.15) is 11.1 Å². The fraction of sp³-hybridized carbons (Fsp3) is 0.0385. The summed E-state index contributed by atoms with van der Waals surface area (Å²) in [5.74, 6) is -0.0872. The fourth-order valence-electron chi connectivity index (χ4n) is 3.25. The number of nitrogens with zero attached hydrogens (tertiary/aromatic N) is 2. The van der Waals surface area contributed by atoms with Crippen LogP contribution < -0.4 is 5.32 Å². The Bertz CT molecular complexity index is 1340. The molecule has 1 N–H and O–H groups in total. The highest BCUT2D eigenvalue weighted by Crippen LogP contribution is 2.37. The Balaban J connectivity index is 1.73. The van der Waals surface area contributed by atoms with Crippen molar-refractivity contribution in [1.82, 2.24) is 4.98 Å². The van der Waals surface area contributed by atoms with Crippen LogP contribution in [0.25, 0.3) is 22.4 Å².